The maximum Gasteiger partial charge on any atom is 0.321 e. The molecule has 1 aliphatic heterocycles. The first-order valence-corrected chi connectivity index (χ1v) is 19.3. The average Bonchev–Trinajstić information content (AvgIpc) is 3.42. The van der Waals surface area contributed by atoms with Crippen molar-refractivity contribution in [1.29, 1.82) is 0 Å². The van der Waals surface area contributed by atoms with Crippen LogP contribution in [-0.4, -0.2) is 105 Å². The Labute approximate surface area is 313 Å². The molecular weight excluding hydrogens is 697 g/mol. The molecule has 288 valence electrons. The molecule has 4 rings (SSSR count). The van der Waals surface area contributed by atoms with Crippen molar-refractivity contribution in [1.82, 2.24) is 24.4 Å². The second-order valence-corrected chi connectivity index (χ2v) is 17.6. The van der Waals surface area contributed by atoms with Crippen LogP contribution < -0.4 is 5.32 Å². The molecule has 0 bridgehead atoms. The summed E-state index contributed by atoms with van der Waals surface area (Å²) in [6.45, 7) is 13.3. The highest BCUT2D eigenvalue weighted by atomic mass is 32.2. The smallest absolute Gasteiger partial charge is 0.321 e. The molecule has 0 saturated carbocycles. The molecule has 1 unspecified atom stereocenters. The zero-order valence-corrected chi connectivity index (χ0v) is 32.5. The fraction of sp³-hybridized carbons (Fsp3) is 0.487. The zero-order valence-electron chi connectivity index (χ0n) is 31.7. The first kappa shape index (κ1) is 41.4. The van der Waals surface area contributed by atoms with Gasteiger partial charge < -0.3 is 30.5 Å². The van der Waals surface area contributed by atoms with Crippen LogP contribution in [0.1, 0.15) is 71.0 Å². The number of amides is 3. The van der Waals surface area contributed by atoms with Crippen LogP contribution in [-0.2, 0) is 33.4 Å². The molecule has 3 aromatic rings. The predicted molar refractivity (Wildman–Crippen MR) is 203 cm³/mol. The number of benzene rings is 2. The van der Waals surface area contributed by atoms with Gasteiger partial charge in [-0.05, 0) is 67.0 Å². The van der Waals surface area contributed by atoms with Crippen molar-refractivity contribution in [2.24, 2.45) is 16.5 Å². The fourth-order valence-corrected chi connectivity index (χ4v) is 8.08. The van der Waals surface area contributed by atoms with E-state index in [0.717, 1.165) is 5.56 Å². The summed E-state index contributed by atoms with van der Waals surface area (Å²) in [5, 5.41) is 37.2. The standard InChI is InChI=1S/C39H54N6O7S/c1-27(2)24-44(53(51,52)31-18-16-29(17-19-31)23-40-50)26-33(46)32(22-28-12-9-8-10-13-28)42-36(47)35(38(3,4)5)45-21-20-43(37(45)48)25-30-14-11-15-34(41-30)39(6,7)49/h8-19,23,27,32-33,35,46,49-50H,20-22,24-26H2,1-7H3,(H,42,47)/b40-23+/t32-,33+,35?/m0/s1. The van der Waals surface area contributed by atoms with Crippen molar-refractivity contribution in [2.45, 2.75) is 90.1 Å². The van der Waals surface area contributed by atoms with Gasteiger partial charge in [0.25, 0.3) is 0 Å². The number of oxime groups is 1. The van der Waals surface area contributed by atoms with E-state index in [2.05, 4.69) is 15.5 Å². The lowest BCUT2D eigenvalue weighted by Crippen LogP contribution is -2.59. The molecule has 0 aliphatic carbocycles. The number of sulfonamides is 1. The first-order valence-electron chi connectivity index (χ1n) is 17.9. The summed E-state index contributed by atoms with van der Waals surface area (Å²) in [7, 11) is -4.08. The number of pyridine rings is 1. The molecular formula is C39H54N6O7S. The normalized spacial score (nSPS) is 16.1. The first-order chi connectivity index (χ1) is 24.8. The number of nitrogens with one attached hydrogen (secondary N) is 1. The number of carbonyl (C=O) groups excluding carboxylic acids is 2. The van der Waals surface area contributed by atoms with Gasteiger partial charge in [0, 0.05) is 26.2 Å². The number of carbonyl (C=O) groups is 2. The van der Waals surface area contributed by atoms with Crippen molar-refractivity contribution in [3.05, 3.63) is 95.3 Å². The van der Waals surface area contributed by atoms with Gasteiger partial charge in [0.05, 0.1) is 41.2 Å². The highest BCUT2D eigenvalue weighted by Gasteiger charge is 2.44. The quantitative estimate of drug-likeness (QED) is 0.0957. The summed E-state index contributed by atoms with van der Waals surface area (Å²) < 4.78 is 29.1. The van der Waals surface area contributed by atoms with Crippen LogP contribution in [0.25, 0.3) is 0 Å². The monoisotopic (exact) mass is 750 g/mol. The topological polar surface area (TPSA) is 176 Å². The fourth-order valence-electron chi connectivity index (χ4n) is 6.46. The minimum atomic E-state index is -4.08. The van der Waals surface area contributed by atoms with E-state index in [0.29, 0.717) is 23.5 Å². The highest BCUT2D eigenvalue weighted by molar-refractivity contribution is 7.89. The summed E-state index contributed by atoms with van der Waals surface area (Å²) >= 11 is 0. The van der Waals surface area contributed by atoms with Gasteiger partial charge in [0.15, 0.2) is 0 Å². The predicted octanol–water partition coefficient (Wildman–Crippen LogP) is 4.20. The number of aromatic nitrogens is 1. The summed E-state index contributed by atoms with van der Waals surface area (Å²) in [6.07, 6.45) is 0.0722. The van der Waals surface area contributed by atoms with Crippen LogP contribution in [0.5, 0.6) is 0 Å². The molecule has 53 heavy (non-hydrogen) atoms. The average molecular weight is 751 g/mol. The van der Waals surface area contributed by atoms with E-state index in [9.17, 15) is 28.2 Å². The van der Waals surface area contributed by atoms with E-state index in [4.69, 9.17) is 5.21 Å². The summed E-state index contributed by atoms with van der Waals surface area (Å²) in [6, 6.07) is 18.3. The van der Waals surface area contributed by atoms with Crippen LogP contribution in [0.2, 0.25) is 0 Å². The van der Waals surface area contributed by atoms with Gasteiger partial charge in [0.2, 0.25) is 15.9 Å². The molecule has 1 aliphatic rings. The van der Waals surface area contributed by atoms with E-state index >= 15 is 0 Å². The number of rotatable bonds is 16. The maximum absolute atomic E-state index is 14.4. The van der Waals surface area contributed by atoms with Gasteiger partial charge in [-0.1, -0.05) is 88.3 Å². The molecule has 1 saturated heterocycles. The molecule has 3 amide bonds. The van der Waals surface area contributed by atoms with Crippen molar-refractivity contribution < 1.29 is 33.4 Å². The highest BCUT2D eigenvalue weighted by Crippen LogP contribution is 2.29. The third-order valence-electron chi connectivity index (χ3n) is 9.07. The Hall–Kier alpha value is -4.37. The summed E-state index contributed by atoms with van der Waals surface area (Å²) in [5.41, 5.74) is 0.574. The minimum Gasteiger partial charge on any atom is -0.411 e. The lowest BCUT2D eigenvalue weighted by atomic mass is 9.84. The van der Waals surface area contributed by atoms with Gasteiger partial charge in [-0.25, -0.2) is 13.2 Å². The van der Waals surface area contributed by atoms with Crippen LogP contribution >= 0.6 is 0 Å². The van der Waals surface area contributed by atoms with Gasteiger partial charge in [-0.3, -0.25) is 9.78 Å². The Bertz CT molecular complexity index is 1820. The van der Waals surface area contributed by atoms with Gasteiger partial charge in [0.1, 0.15) is 11.6 Å². The third-order valence-corrected chi connectivity index (χ3v) is 10.9. The van der Waals surface area contributed by atoms with Gasteiger partial charge in [-0.2, -0.15) is 4.31 Å². The van der Waals surface area contributed by atoms with Gasteiger partial charge in [-0.15, -0.1) is 0 Å². The second kappa shape index (κ2) is 17.2. The van der Waals surface area contributed by atoms with E-state index < -0.39 is 45.1 Å². The SMILES string of the molecule is CC(C)CN(C[C@@H](O)[C@H](Cc1ccccc1)NC(=O)C(N1CCN(Cc2cccc(C(C)(C)O)n2)C1=O)C(C)(C)C)S(=O)(=O)c1ccc(/C=N/O)cc1. The van der Waals surface area contributed by atoms with Crippen LogP contribution in [0.15, 0.2) is 82.8 Å². The van der Waals surface area contributed by atoms with E-state index in [1.54, 1.807) is 41.8 Å². The minimum absolute atomic E-state index is 0.0102. The molecule has 0 spiro atoms. The van der Waals surface area contributed by atoms with Crippen LogP contribution in [0.4, 0.5) is 4.79 Å². The van der Waals surface area contributed by atoms with Gasteiger partial charge >= 0.3 is 6.03 Å². The number of nitrogens with zero attached hydrogens (tertiary/aromatic N) is 5. The van der Waals surface area contributed by atoms with Crippen molar-refractivity contribution in [2.75, 3.05) is 26.2 Å². The Balaban J connectivity index is 1.60. The molecule has 4 N–H and O–H groups in total. The summed E-state index contributed by atoms with van der Waals surface area (Å²) in [4.78, 5) is 36.0. The number of hydrogen-bond acceptors (Lipinski definition) is 9. The molecule has 2 heterocycles. The Morgan fingerprint density at radius 1 is 0.981 bits per heavy atom. The Kier molecular flexibility index (Phi) is 13.4. The maximum atomic E-state index is 14.4. The zero-order chi connectivity index (χ0) is 39.1. The Morgan fingerprint density at radius 3 is 2.23 bits per heavy atom. The Morgan fingerprint density at radius 2 is 1.64 bits per heavy atom. The third kappa shape index (κ3) is 10.8. The number of aliphatic hydroxyl groups excluding tert-OH is 1. The lowest BCUT2D eigenvalue weighted by molar-refractivity contribution is -0.130. The van der Waals surface area contributed by atoms with Crippen molar-refractivity contribution >= 4 is 28.2 Å². The second-order valence-electron chi connectivity index (χ2n) is 15.6. The van der Waals surface area contributed by atoms with E-state index in [1.165, 1.54) is 34.8 Å². The molecule has 14 heteroatoms. The lowest BCUT2D eigenvalue weighted by Gasteiger charge is -2.38. The molecule has 1 fully saturated rings. The number of aliphatic hydroxyl groups is 2. The van der Waals surface area contributed by atoms with Crippen LogP contribution in [0.3, 0.4) is 0 Å². The number of urea groups is 1. The van der Waals surface area contributed by atoms with Crippen molar-refractivity contribution in [3.63, 3.8) is 0 Å². The molecule has 1 aromatic heterocycles. The summed E-state index contributed by atoms with van der Waals surface area (Å²) in [5.74, 6) is -0.545. The van der Waals surface area contributed by atoms with Crippen LogP contribution in [0, 0.1) is 11.3 Å². The molecule has 13 nitrogen and oxygen atoms in total. The van der Waals surface area contributed by atoms with Crippen molar-refractivity contribution in [3.8, 4) is 0 Å². The van der Waals surface area contributed by atoms with E-state index in [1.807, 2.05) is 65.0 Å². The molecule has 3 atom stereocenters. The van der Waals surface area contributed by atoms with E-state index in [-0.39, 0.29) is 49.4 Å². The molecule has 0 radical (unpaired) electrons. The molecule has 2 aromatic carbocycles. The number of hydrogen-bond donors (Lipinski definition) is 4. The largest absolute Gasteiger partial charge is 0.411 e.